The molecule has 0 radical (unpaired) electrons. The van der Waals surface area contributed by atoms with Gasteiger partial charge in [0.1, 0.15) is 5.82 Å². The van der Waals surface area contributed by atoms with Crippen molar-refractivity contribution in [3.8, 4) is 0 Å². The van der Waals surface area contributed by atoms with Crippen molar-refractivity contribution in [3.05, 3.63) is 54.0 Å². The average molecular weight is 256 g/mol. The standard InChI is InChI=1S/C14H16N4O/c1-15-13-9-12(5-8-17-13)14(19)18(2)10-11-3-6-16-7-4-11/h3-9H,10H2,1-2H3,(H,15,17). The van der Waals surface area contributed by atoms with E-state index in [1.165, 1.54) is 0 Å². The van der Waals surface area contributed by atoms with Crippen LogP contribution in [0, 0.1) is 0 Å². The summed E-state index contributed by atoms with van der Waals surface area (Å²) in [5.74, 6) is 0.652. The minimum Gasteiger partial charge on any atom is -0.373 e. The maximum atomic E-state index is 12.3. The second-order valence-corrected chi connectivity index (χ2v) is 4.20. The van der Waals surface area contributed by atoms with E-state index in [1.807, 2.05) is 12.1 Å². The van der Waals surface area contributed by atoms with Crippen LogP contribution in [0.15, 0.2) is 42.9 Å². The Morgan fingerprint density at radius 2 is 2.00 bits per heavy atom. The Kier molecular flexibility index (Phi) is 4.07. The number of anilines is 1. The molecule has 19 heavy (non-hydrogen) atoms. The van der Waals surface area contributed by atoms with Crippen LogP contribution in [0.1, 0.15) is 15.9 Å². The van der Waals surface area contributed by atoms with E-state index in [4.69, 9.17) is 0 Å². The normalized spacial score (nSPS) is 10.0. The van der Waals surface area contributed by atoms with E-state index < -0.39 is 0 Å². The lowest BCUT2D eigenvalue weighted by atomic mass is 10.2. The van der Waals surface area contributed by atoms with Gasteiger partial charge < -0.3 is 10.2 Å². The van der Waals surface area contributed by atoms with Crippen molar-refractivity contribution in [2.24, 2.45) is 0 Å². The molecule has 0 fully saturated rings. The fraction of sp³-hybridized carbons (Fsp3) is 0.214. The van der Waals surface area contributed by atoms with Crippen molar-refractivity contribution in [2.75, 3.05) is 19.4 Å². The molecule has 0 bridgehead atoms. The molecule has 5 nitrogen and oxygen atoms in total. The first-order valence-electron chi connectivity index (χ1n) is 5.99. The second-order valence-electron chi connectivity index (χ2n) is 4.20. The minimum atomic E-state index is -0.0317. The molecule has 0 aliphatic rings. The van der Waals surface area contributed by atoms with Crippen molar-refractivity contribution in [1.82, 2.24) is 14.9 Å². The second kappa shape index (κ2) is 5.95. The van der Waals surface area contributed by atoms with Crippen molar-refractivity contribution >= 4 is 11.7 Å². The zero-order valence-electron chi connectivity index (χ0n) is 11.0. The van der Waals surface area contributed by atoms with Crippen LogP contribution in [-0.2, 0) is 6.54 Å². The predicted molar refractivity (Wildman–Crippen MR) is 73.8 cm³/mol. The molecule has 2 heterocycles. The third-order valence-corrected chi connectivity index (χ3v) is 2.78. The molecule has 0 atom stereocenters. The van der Waals surface area contributed by atoms with E-state index in [9.17, 15) is 4.79 Å². The molecule has 2 aromatic rings. The number of nitrogens with zero attached hydrogens (tertiary/aromatic N) is 3. The first kappa shape index (κ1) is 13.0. The van der Waals surface area contributed by atoms with Crippen LogP contribution in [0.25, 0.3) is 0 Å². The maximum Gasteiger partial charge on any atom is 0.254 e. The van der Waals surface area contributed by atoms with Crippen LogP contribution in [0.4, 0.5) is 5.82 Å². The van der Waals surface area contributed by atoms with Gasteiger partial charge in [0.05, 0.1) is 0 Å². The predicted octanol–water partition coefficient (Wildman–Crippen LogP) is 1.79. The lowest BCUT2D eigenvalue weighted by Gasteiger charge is -2.17. The number of aromatic nitrogens is 2. The van der Waals surface area contributed by atoms with Crippen LogP contribution < -0.4 is 5.32 Å². The van der Waals surface area contributed by atoms with E-state index in [0.29, 0.717) is 17.9 Å². The lowest BCUT2D eigenvalue weighted by molar-refractivity contribution is 0.0785. The molecule has 2 rings (SSSR count). The van der Waals surface area contributed by atoms with Gasteiger partial charge in [0.25, 0.3) is 5.91 Å². The number of hydrogen-bond acceptors (Lipinski definition) is 4. The van der Waals surface area contributed by atoms with Crippen molar-refractivity contribution in [2.45, 2.75) is 6.54 Å². The summed E-state index contributed by atoms with van der Waals surface area (Å²) in [4.78, 5) is 22.0. The summed E-state index contributed by atoms with van der Waals surface area (Å²) in [5, 5.41) is 2.92. The van der Waals surface area contributed by atoms with Crippen LogP contribution in [0.3, 0.4) is 0 Å². The van der Waals surface area contributed by atoms with Gasteiger partial charge in [-0.3, -0.25) is 9.78 Å². The topological polar surface area (TPSA) is 58.1 Å². The fourth-order valence-electron chi connectivity index (χ4n) is 1.75. The number of pyridine rings is 2. The van der Waals surface area contributed by atoms with E-state index in [1.54, 1.807) is 49.7 Å². The molecule has 0 unspecified atom stereocenters. The zero-order chi connectivity index (χ0) is 13.7. The first-order chi connectivity index (χ1) is 9.20. The summed E-state index contributed by atoms with van der Waals surface area (Å²) < 4.78 is 0. The van der Waals surface area contributed by atoms with Crippen LogP contribution in [0.2, 0.25) is 0 Å². The summed E-state index contributed by atoms with van der Waals surface area (Å²) in [5.41, 5.74) is 1.67. The van der Waals surface area contributed by atoms with Gasteiger partial charge in [-0.1, -0.05) is 0 Å². The molecular weight excluding hydrogens is 240 g/mol. The average Bonchev–Trinajstić information content (AvgIpc) is 2.47. The Hall–Kier alpha value is -2.43. The third-order valence-electron chi connectivity index (χ3n) is 2.78. The molecule has 0 saturated heterocycles. The van der Waals surface area contributed by atoms with Gasteiger partial charge in [0.15, 0.2) is 0 Å². The van der Waals surface area contributed by atoms with Gasteiger partial charge in [-0.05, 0) is 29.8 Å². The number of hydrogen-bond donors (Lipinski definition) is 1. The summed E-state index contributed by atoms with van der Waals surface area (Å²) >= 11 is 0. The summed E-state index contributed by atoms with van der Waals surface area (Å²) in [6.07, 6.45) is 5.07. The Bertz CT molecular complexity index is 556. The highest BCUT2D eigenvalue weighted by Gasteiger charge is 2.12. The van der Waals surface area contributed by atoms with E-state index >= 15 is 0 Å². The number of carbonyl (C=O) groups is 1. The Morgan fingerprint density at radius 1 is 1.26 bits per heavy atom. The van der Waals surface area contributed by atoms with Gasteiger partial charge in [-0.2, -0.15) is 0 Å². The molecule has 0 aromatic carbocycles. The quantitative estimate of drug-likeness (QED) is 0.906. The largest absolute Gasteiger partial charge is 0.373 e. The zero-order valence-corrected chi connectivity index (χ0v) is 11.0. The Morgan fingerprint density at radius 3 is 2.68 bits per heavy atom. The maximum absolute atomic E-state index is 12.3. The highest BCUT2D eigenvalue weighted by atomic mass is 16.2. The van der Waals surface area contributed by atoms with Crippen LogP contribution >= 0.6 is 0 Å². The van der Waals surface area contributed by atoms with Gasteiger partial charge in [-0.15, -0.1) is 0 Å². The molecule has 98 valence electrons. The number of nitrogens with one attached hydrogen (secondary N) is 1. The smallest absolute Gasteiger partial charge is 0.254 e. The summed E-state index contributed by atoms with van der Waals surface area (Å²) in [6.45, 7) is 0.554. The molecule has 0 aliphatic carbocycles. The van der Waals surface area contributed by atoms with Gasteiger partial charge >= 0.3 is 0 Å². The van der Waals surface area contributed by atoms with Crippen LogP contribution in [0.5, 0.6) is 0 Å². The molecule has 0 aliphatic heterocycles. The highest BCUT2D eigenvalue weighted by molar-refractivity contribution is 5.94. The molecule has 0 saturated carbocycles. The Balaban J connectivity index is 2.10. The molecule has 0 spiro atoms. The van der Waals surface area contributed by atoms with Crippen molar-refractivity contribution in [3.63, 3.8) is 0 Å². The number of rotatable bonds is 4. The van der Waals surface area contributed by atoms with Crippen LogP contribution in [-0.4, -0.2) is 34.9 Å². The monoisotopic (exact) mass is 256 g/mol. The Labute approximate surface area is 112 Å². The fourth-order valence-corrected chi connectivity index (χ4v) is 1.75. The SMILES string of the molecule is CNc1cc(C(=O)N(C)Cc2ccncc2)ccn1. The van der Waals surface area contributed by atoms with E-state index in [0.717, 1.165) is 5.56 Å². The first-order valence-corrected chi connectivity index (χ1v) is 5.99. The summed E-state index contributed by atoms with van der Waals surface area (Å²) in [6, 6.07) is 7.25. The highest BCUT2D eigenvalue weighted by Crippen LogP contribution is 2.10. The molecule has 1 N–H and O–H groups in total. The molecule has 5 heteroatoms. The molecule has 2 aromatic heterocycles. The van der Waals surface area contributed by atoms with Gasteiger partial charge in [0.2, 0.25) is 0 Å². The van der Waals surface area contributed by atoms with E-state index in [-0.39, 0.29) is 5.91 Å². The summed E-state index contributed by atoms with van der Waals surface area (Å²) in [7, 11) is 3.56. The molecular formula is C14H16N4O. The lowest BCUT2D eigenvalue weighted by Crippen LogP contribution is -2.26. The number of carbonyl (C=O) groups excluding carboxylic acids is 1. The van der Waals surface area contributed by atoms with Crippen molar-refractivity contribution < 1.29 is 4.79 Å². The van der Waals surface area contributed by atoms with Gasteiger partial charge in [0, 0.05) is 44.8 Å². The van der Waals surface area contributed by atoms with Crippen molar-refractivity contribution in [1.29, 1.82) is 0 Å². The molecule has 1 amide bonds. The van der Waals surface area contributed by atoms with Gasteiger partial charge in [-0.25, -0.2) is 4.98 Å². The van der Waals surface area contributed by atoms with E-state index in [2.05, 4.69) is 15.3 Å². The third kappa shape index (κ3) is 3.28. The number of amides is 1. The minimum absolute atomic E-state index is 0.0317.